The third-order valence-electron chi connectivity index (χ3n) is 3.33. The van der Waals surface area contributed by atoms with E-state index in [4.69, 9.17) is 4.74 Å². The Bertz CT molecular complexity index is 723. The number of sulfonamides is 1. The van der Waals surface area contributed by atoms with E-state index in [-0.39, 0.29) is 10.9 Å². The van der Waals surface area contributed by atoms with Crippen molar-refractivity contribution in [3.05, 3.63) is 59.7 Å². The van der Waals surface area contributed by atoms with Gasteiger partial charge in [-0.2, -0.15) is 0 Å². The molecule has 4 nitrogen and oxygen atoms in total. The van der Waals surface area contributed by atoms with Crippen molar-refractivity contribution >= 4 is 10.0 Å². The van der Waals surface area contributed by atoms with Crippen molar-refractivity contribution < 1.29 is 13.2 Å². The number of fused-ring (bicyclic) bond motifs is 1. The van der Waals surface area contributed by atoms with E-state index in [9.17, 15) is 8.42 Å². The van der Waals surface area contributed by atoms with Crippen LogP contribution in [0.5, 0.6) is 5.75 Å². The van der Waals surface area contributed by atoms with Gasteiger partial charge >= 0.3 is 0 Å². The van der Waals surface area contributed by atoms with Crippen molar-refractivity contribution in [2.45, 2.75) is 17.9 Å². The summed E-state index contributed by atoms with van der Waals surface area (Å²) in [7, 11) is -3.53. The molecule has 1 N–H and O–H groups in total. The fourth-order valence-electron chi connectivity index (χ4n) is 2.23. The number of aryl methyl sites for hydroxylation is 1. The lowest BCUT2D eigenvalue weighted by Crippen LogP contribution is -2.29. The van der Waals surface area contributed by atoms with Crippen LogP contribution in [-0.4, -0.2) is 15.0 Å². The van der Waals surface area contributed by atoms with Gasteiger partial charge in [-0.1, -0.05) is 35.9 Å². The molecule has 0 radical (unpaired) electrons. The lowest BCUT2D eigenvalue weighted by Gasteiger charge is -2.12. The molecule has 1 aliphatic heterocycles. The number of nitrogens with one attached hydrogen (secondary N) is 1. The summed E-state index contributed by atoms with van der Waals surface area (Å²) in [6, 6.07) is 13.9. The van der Waals surface area contributed by atoms with Crippen molar-refractivity contribution in [1.82, 2.24) is 4.72 Å². The molecule has 0 fully saturated rings. The van der Waals surface area contributed by atoms with E-state index >= 15 is 0 Å². The molecule has 1 aliphatic rings. The normalized spacial score (nSPS) is 17.6. The first-order chi connectivity index (χ1) is 9.56. The largest absolute Gasteiger partial charge is 0.491 e. The number of rotatable bonds is 3. The van der Waals surface area contributed by atoms with Crippen LogP contribution in [0, 0.1) is 6.92 Å². The average Bonchev–Trinajstić information content (AvgIpc) is 2.82. The van der Waals surface area contributed by atoms with Gasteiger partial charge in [0.1, 0.15) is 12.4 Å². The van der Waals surface area contributed by atoms with E-state index < -0.39 is 10.0 Å². The van der Waals surface area contributed by atoms with Crippen LogP contribution >= 0.6 is 0 Å². The average molecular weight is 289 g/mol. The molecule has 1 atom stereocenters. The van der Waals surface area contributed by atoms with Gasteiger partial charge in [-0.3, -0.25) is 0 Å². The van der Waals surface area contributed by atoms with Gasteiger partial charge < -0.3 is 4.74 Å². The quantitative estimate of drug-likeness (QED) is 0.944. The summed E-state index contributed by atoms with van der Waals surface area (Å²) in [5.74, 6) is 0.740. The molecule has 2 aromatic rings. The molecular weight excluding hydrogens is 274 g/mol. The lowest BCUT2D eigenvalue weighted by molar-refractivity contribution is 0.325. The second-order valence-corrected chi connectivity index (χ2v) is 6.55. The molecular formula is C15H15NO3S. The molecule has 20 heavy (non-hydrogen) atoms. The lowest BCUT2D eigenvalue weighted by atomic mass is 10.1. The van der Waals surface area contributed by atoms with Crippen LogP contribution < -0.4 is 9.46 Å². The first-order valence-electron chi connectivity index (χ1n) is 6.37. The van der Waals surface area contributed by atoms with Crippen molar-refractivity contribution in [2.75, 3.05) is 6.61 Å². The van der Waals surface area contributed by atoms with Crippen LogP contribution in [0.4, 0.5) is 0 Å². The Hall–Kier alpha value is -1.85. The maximum atomic E-state index is 12.3. The maximum absolute atomic E-state index is 12.3. The molecule has 0 spiro atoms. The zero-order valence-electron chi connectivity index (χ0n) is 11.0. The first kappa shape index (κ1) is 13.1. The minimum absolute atomic E-state index is 0.271. The number of hydrogen-bond donors (Lipinski definition) is 1. The number of ether oxygens (including phenoxy) is 1. The third kappa shape index (κ3) is 2.42. The highest BCUT2D eigenvalue weighted by Gasteiger charge is 2.28. The Labute approximate surface area is 118 Å². The minimum atomic E-state index is -3.53. The number of benzene rings is 2. The van der Waals surface area contributed by atoms with E-state index in [1.54, 1.807) is 24.3 Å². The van der Waals surface area contributed by atoms with Gasteiger partial charge in [-0.15, -0.1) is 0 Å². The van der Waals surface area contributed by atoms with Crippen LogP contribution in [0.15, 0.2) is 53.4 Å². The van der Waals surface area contributed by atoms with Crippen LogP contribution in [0.2, 0.25) is 0 Å². The van der Waals surface area contributed by atoms with Gasteiger partial charge in [0.15, 0.2) is 0 Å². The highest BCUT2D eigenvalue weighted by atomic mass is 32.2. The van der Waals surface area contributed by atoms with Gasteiger partial charge in [0.2, 0.25) is 10.0 Å². The Morgan fingerprint density at radius 3 is 2.55 bits per heavy atom. The molecule has 2 aromatic carbocycles. The molecule has 5 heteroatoms. The molecule has 0 aromatic heterocycles. The van der Waals surface area contributed by atoms with Crippen LogP contribution in [0.3, 0.4) is 0 Å². The van der Waals surface area contributed by atoms with Gasteiger partial charge in [-0.25, -0.2) is 13.1 Å². The Balaban J connectivity index is 1.86. The summed E-state index contributed by atoms with van der Waals surface area (Å²) >= 11 is 0. The van der Waals surface area contributed by atoms with Gasteiger partial charge in [0, 0.05) is 5.56 Å². The molecule has 104 valence electrons. The zero-order valence-corrected chi connectivity index (χ0v) is 11.9. The van der Waals surface area contributed by atoms with Gasteiger partial charge in [0.25, 0.3) is 0 Å². The van der Waals surface area contributed by atoms with Crippen LogP contribution in [0.25, 0.3) is 0 Å². The van der Waals surface area contributed by atoms with Crippen molar-refractivity contribution in [3.63, 3.8) is 0 Å². The third-order valence-corrected chi connectivity index (χ3v) is 4.82. The fourth-order valence-corrected chi connectivity index (χ4v) is 3.43. The topological polar surface area (TPSA) is 55.4 Å². The molecule has 0 saturated carbocycles. The van der Waals surface area contributed by atoms with Gasteiger partial charge in [0.05, 0.1) is 10.9 Å². The van der Waals surface area contributed by atoms with E-state index in [0.717, 1.165) is 16.9 Å². The van der Waals surface area contributed by atoms with E-state index in [1.165, 1.54) is 0 Å². The molecule has 0 bridgehead atoms. The summed E-state index contributed by atoms with van der Waals surface area (Å²) in [4.78, 5) is 0.271. The number of para-hydroxylation sites is 1. The standard InChI is InChI=1S/C15H15NO3S/c1-11-6-8-12(9-7-11)20(17,18)16-14-10-19-15-5-3-2-4-13(14)15/h2-9,14,16H,10H2,1H3. The highest BCUT2D eigenvalue weighted by Crippen LogP contribution is 2.32. The maximum Gasteiger partial charge on any atom is 0.241 e. The summed E-state index contributed by atoms with van der Waals surface area (Å²) in [6.45, 7) is 2.25. The second-order valence-electron chi connectivity index (χ2n) is 4.84. The summed E-state index contributed by atoms with van der Waals surface area (Å²) < 4.78 is 32.9. The monoisotopic (exact) mass is 289 g/mol. The predicted octanol–water partition coefficient (Wildman–Crippen LogP) is 2.41. The van der Waals surface area contributed by atoms with E-state index in [2.05, 4.69) is 4.72 Å². The highest BCUT2D eigenvalue weighted by molar-refractivity contribution is 7.89. The first-order valence-corrected chi connectivity index (χ1v) is 7.85. The molecule has 1 unspecified atom stereocenters. The molecule has 0 saturated heterocycles. The smallest absolute Gasteiger partial charge is 0.241 e. The molecule has 0 aliphatic carbocycles. The fraction of sp³-hybridized carbons (Fsp3) is 0.200. The van der Waals surface area contributed by atoms with E-state index in [0.29, 0.717) is 6.61 Å². The Morgan fingerprint density at radius 2 is 1.80 bits per heavy atom. The van der Waals surface area contributed by atoms with Gasteiger partial charge in [-0.05, 0) is 25.1 Å². The predicted molar refractivity (Wildman–Crippen MR) is 76.2 cm³/mol. The Morgan fingerprint density at radius 1 is 1.10 bits per heavy atom. The van der Waals surface area contributed by atoms with Crippen LogP contribution in [0.1, 0.15) is 17.2 Å². The summed E-state index contributed by atoms with van der Waals surface area (Å²) in [5.41, 5.74) is 1.90. The minimum Gasteiger partial charge on any atom is -0.491 e. The van der Waals surface area contributed by atoms with E-state index in [1.807, 2.05) is 31.2 Å². The summed E-state index contributed by atoms with van der Waals surface area (Å²) in [6.07, 6.45) is 0. The van der Waals surface area contributed by atoms with Crippen molar-refractivity contribution in [2.24, 2.45) is 0 Å². The summed E-state index contributed by atoms with van der Waals surface area (Å²) in [5, 5.41) is 0. The number of hydrogen-bond acceptors (Lipinski definition) is 3. The second kappa shape index (κ2) is 4.92. The molecule has 3 rings (SSSR count). The van der Waals surface area contributed by atoms with Crippen molar-refractivity contribution in [1.29, 1.82) is 0 Å². The van der Waals surface area contributed by atoms with Crippen molar-refractivity contribution in [3.8, 4) is 5.75 Å². The zero-order chi connectivity index (χ0) is 14.2. The SMILES string of the molecule is Cc1ccc(S(=O)(=O)NC2COc3ccccc32)cc1. The van der Waals surface area contributed by atoms with Crippen LogP contribution in [-0.2, 0) is 10.0 Å². The Kier molecular flexibility index (Phi) is 3.23. The molecule has 0 amide bonds. The molecule has 1 heterocycles.